The predicted octanol–water partition coefficient (Wildman–Crippen LogP) is 7.92. The lowest BCUT2D eigenvalue weighted by Crippen LogP contribution is -2.25. The highest BCUT2D eigenvalue weighted by Crippen LogP contribution is 2.42. The van der Waals surface area contributed by atoms with Crippen molar-refractivity contribution in [1.82, 2.24) is 0 Å². The summed E-state index contributed by atoms with van der Waals surface area (Å²) in [7, 11) is 0. The third kappa shape index (κ3) is 5.03. The Morgan fingerprint density at radius 1 is 0.630 bits per heavy atom. The fourth-order valence-corrected chi connectivity index (χ4v) is 5.57. The van der Waals surface area contributed by atoms with Crippen molar-refractivity contribution in [3.05, 3.63) is 60.2 Å². The second-order valence-electron chi connectivity index (χ2n) is 9.40. The van der Waals surface area contributed by atoms with E-state index in [2.05, 4.69) is 61.5 Å². The van der Waals surface area contributed by atoms with Gasteiger partial charge in [-0.05, 0) is 78.9 Å². The first kappa shape index (κ1) is 18.8. The summed E-state index contributed by atoms with van der Waals surface area (Å²) >= 11 is 0. The van der Waals surface area contributed by atoms with Gasteiger partial charge in [0.15, 0.2) is 0 Å². The zero-order valence-electron chi connectivity index (χ0n) is 17.1. The van der Waals surface area contributed by atoms with Crippen LogP contribution >= 0.6 is 0 Å². The average Bonchev–Trinajstić information content (AvgIpc) is 2.74. The number of rotatable bonds is 5. The lowest BCUT2D eigenvalue weighted by Gasteiger charge is -2.37. The summed E-state index contributed by atoms with van der Waals surface area (Å²) in [4.78, 5) is 0. The Bertz CT molecular complexity index is 668. The number of hydrogen-bond donors (Lipinski definition) is 0. The van der Waals surface area contributed by atoms with Crippen LogP contribution in [-0.2, 0) is 6.42 Å². The molecule has 0 heteroatoms. The van der Waals surface area contributed by atoms with E-state index in [1.54, 1.807) is 0 Å². The molecule has 0 atom stereocenters. The van der Waals surface area contributed by atoms with E-state index in [4.69, 9.17) is 0 Å². The first-order valence-electron chi connectivity index (χ1n) is 11.4. The number of benzene rings is 2. The highest BCUT2D eigenvalue weighted by molar-refractivity contribution is 5.63. The number of aryl methyl sites for hydroxylation is 1. The Labute approximate surface area is 166 Å². The maximum absolute atomic E-state index is 2.44. The molecule has 0 amide bonds. The van der Waals surface area contributed by atoms with Crippen LogP contribution in [-0.4, -0.2) is 0 Å². The third-order valence-electron chi connectivity index (χ3n) is 7.52. The van der Waals surface area contributed by atoms with Crippen LogP contribution in [0.4, 0.5) is 0 Å². The van der Waals surface area contributed by atoms with E-state index in [0.717, 1.165) is 23.7 Å². The van der Waals surface area contributed by atoms with Crippen LogP contribution in [0.5, 0.6) is 0 Å². The number of hydrogen-bond acceptors (Lipinski definition) is 0. The van der Waals surface area contributed by atoms with Gasteiger partial charge in [0.2, 0.25) is 0 Å². The van der Waals surface area contributed by atoms with E-state index in [1.165, 1.54) is 80.9 Å². The lowest BCUT2D eigenvalue weighted by molar-refractivity contribution is 0.148. The van der Waals surface area contributed by atoms with E-state index in [0.29, 0.717) is 0 Å². The fourth-order valence-electron chi connectivity index (χ4n) is 5.57. The highest BCUT2D eigenvalue weighted by Gasteiger charge is 2.29. The van der Waals surface area contributed by atoms with Crippen molar-refractivity contribution in [1.29, 1.82) is 0 Å². The van der Waals surface area contributed by atoms with Crippen LogP contribution in [0.25, 0.3) is 11.1 Å². The topological polar surface area (TPSA) is 0 Å². The van der Waals surface area contributed by atoms with Crippen molar-refractivity contribution >= 4 is 0 Å². The summed E-state index contributed by atoms with van der Waals surface area (Å²) in [6.07, 6.45) is 14.6. The Morgan fingerprint density at radius 2 is 1.19 bits per heavy atom. The first-order valence-corrected chi connectivity index (χ1v) is 11.4. The van der Waals surface area contributed by atoms with Gasteiger partial charge in [0, 0.05) is 0 Å². The highest BCUT2D eigenvalue weighted by atomic mass is 14.3. The minimum Gasteiger partial charge on any atom is -0.0625 e. The quantitative estimate of drug-likeness (QED) is 0.508. The van der Waals surface area contributed by atoms with Crippen LogP contribution in [0.15, 0.2) is 54.6 Å². The Morgan fingerprint density at radius 3 is 1.81 bits per heavy atom. The predicted molar refractivity (Wildman–Crippen MR) is 117 cm³/mol. The van der Waals surface area contributed by atoms with E-state index in [1.807, 2.05) is 0 Å². The van der Waals surface area contributed by atoms with Crippen molar-refractivity contribution in [3.63, 3.8) is 0 Å². The molecule has 2 aliphatic carbocycles. The zero-order chi connectivity index (χ0) is 18.5. The second kappa shape index (κ2) is 9.09. The van der Waals surface area contributed by atoms with E-state index in [-0.39, 0.29) is 0 Å². The van der Waals surface area contributed by atoms with Crippen molar-refractivity contribution in [2.24, 2.45) is 23.7 Å². The normalized spacial score (nSPS) is 28.8. The average molecular weight is 361 g/mol. The molecule has 2 aromatic rings. The molecule has 0 heterocycles. The van der Waals surface area contributed by atoms with Crippen LogP contribution in [0.1, 0.15) is 70.3 Å². The summed E-state index contributed by atoms with van der Waals surface area (Å²) in [6, 6.07) is 20.0. The molecule has 0 nitrogen and oxygen atoms in total. The van der Waals surface area contributed by atoms with E-state index < -0.39 is 0 Å². The molecule has 0 spiro atoms. The Kier molecular flexibility index (Phi) is 6.32. The van der Waals surface area contributed by atoms with Crippen LogP contribution in [0.3, 0.4) is 0 Å². The molecule has 0 aromatic heterocycles. The van der Waals surface area contributed by atoms with Gasteiger partial charge < -0.3 is 0 Å². The van der Waals surface area contributed by atoms with Crippen molar-refractivity contribution in [2.45, 2.75) is 71.1 Å². The Hall–Kier alpha value is -1.56. The SMILES string of the molecule is CC1CCC(C2CCC(CCc3ccc(-c4ccccc4)cc3)CC2)CC1. The molecule has 2 fully saturated rings. The largest absolute Gasteiger partial charge is 0.0625 e. The minimum atomic E-state index is 0.970. The maximum Gasteiger partial charge on any atom is -0.0184 e. The van der Waals surface area contributed by atoms with Gasteiger partial charge in [-0.2, -0.15) is 0 Å². The van der Waals surface area contributed by atoms with Crippen LogP contribution in [0, 0.1) is 23.7 Å². The lowest BCUT2D eigenvalue weighted by atomic mass is 9.69. The third-order valence-corrected chi connectivity index (χ3v) is 7.52. The molecule has 0 unspecified atom stereocenters. The van der Waals surface area contributed by atoms with Crippen molar-refractivity contribution in [2.75, 3.05) is 0 Å². The summed E-state index contributed by atoms with van der Waals surface area (Å²) in [5, 5.41) is 0. The van der Waals surface area contributed by atoms with Gasteiger partial charge in [-0.3, -0.25) is 0 Å². The molecule has 0 aliphatic heterocycles. The van der Waals surface area contributed by atoms with Gasteiger partial charge in [0.25, 0.3) is 0 Å². The van der Waals surface area contributed by atoms with Crippen LogP contribution in [0.2, 0.25) is 0 Å². The molecule has 27 heavy (non-hydrogen) atoms. The first-order chi connectivity index (χ1) is 13.3. The monoisotopic (exact) mass is 360 g/mol. The molecule has 0 N–H and O–H groups in total. The molecule has 2 saturated carbocycles. The molecule has 0 radical (unpaired) electrons. The molecule has 0 saturated heterocycles. The molecule has 144 valence electrons. The van der Waals surface area contributed by atoms with Crippen molar-refractivity contribution < 1.29 is 0 Å². The summed E-state index contributed by atoms with van der Waals surface area (Å²) in [5.41, 5.74) is 4.17. The van der Waals surface area contributed by atoms with Gasteiger partial charge in [0.1, 0.15) is 0 Å². The summed E-state index contributed by atoms with van der Waals surface area (Å²) in [5.74, 6) is 4.08. The maximum atomic E-state index is 2.44. The molecular formula is C27H36. The molecule has 4 rings (SSSR count). The summed E-state index contributed by atoms with van der Waals surface area (Å²) < 4.78 is 0. The standard InChI is InChI=1S/C27H36/c1-21-7-15-25(16-8-21)27-19-13-23(14-20-27)10-9-22-11-17-26(18-12-22)24-5-3-2-4-6-24/h2-6,11-12,17-18,21,23,25,27H,7-10,13-16,19-20H2,1H3. The molecular weight excluding hydrogens is 324 g/mol. The van der Waals surface area contributed by atoms with E-state index in [9.17, 15) is 0 Å². The fraction of sp³-hybridized carbons (Fsp3) is 0.556. The molecule has 0 bridgehead atoms. The smallest absolute Gasteiger partial charge is 0.0184 e. The molecule has 2 aliphatic rings. The minimum absolute atomic E-state index is 0.970. The van der Waals surface area contributed by atoms with E-state index >= 15 is 0 Å². The van der Waals surface area contributed by atoms with Crippen molar-refractivity contribution in [3.8, 4) is 11.1 Å². The van der Waals surface area contributed by atoms with Gasteiger partial charge in [0.05, 0.1) is 0 Å². The van der Waals surface area contributed by atoms with Gasteiger partial charge >= 0.3 is 0 Å². The second-order valence-corrected chi connectivity index (χ2v) is 9.40. The Balaban J connectivity index is 1.22. The summed E-state index contributed by atoms with van der Waals surface area (Å²) in [6.45, 7) is 2.44. The van der Waals surface area contributed by atoms with Gasteiger partial charge in [-0.25, -0.2) is 0 Å². The van der Waals surface area contributed by atoms with Gasteiger partial charge in [-0.1, -0.05) is 87.2 Å². The van der Waals surface area contributed by atoms with Crippen LogP contribution < -0.4 is 0 Å². The molecule has 2 aromatic carbocycles. The van der Waals surface area contributed by atoms with Gasteiger partial charge in [-0.15, -0.1) is 0 Å². The zero-order valence-corrected chi connectivity index (χ0v) is 17.1.